The molecule has 64 valence electrons. The first kappa shape index (κ1) is 17.3. The van der Waals surface area contributed by atoms with Crippen LogP contribution in [0.4, 0.5) is 0 Å². The number of halogens is 2. The first-order valence-electron chi connectivity index (χ1n) is 3.06. The van der Waals surface area contributed by atoms with Crippen molar-refractivity contribution in [1.82, 2.24) is 0 Å². The second-order valence-corrected chi connectivity index (χ2v) is 1.86. The Bertz CT molecular complexity index is 57.1. The highest BCUT2D eigenvalue weighted by atomic mass is 128. The molecule has 0 aliphatic rings. The summed E-state index contributed by atoms with van der Waals surface area (Å²) in [6, 6.07) is 0. The molecule has 10 heavy (non-hydrogen) atoms. The summed E-state index contributed by atoms with van der Waals surface area (Å²) in [7, 11) is 0. The number of aliphatic hydroxyl groups is 1. The summed E-state index contributed by atoms with van der Waals surface area (Å²) in [5.41, 5.74) is -0.694. The van der Waals surface area contributed by atoms with E-state index < -0.39 is 5.60 Å². The Hall–Kier alpha value is 1.16. The summed E-state index contributed by atoms with van der Waals surface area (Å²) in [4.78, 5) is 0. The average molecular weight is 370 g/mol. The van der Waals surface area contributed by atoms with E-state index in [1.807, 2.05) is 13.8 Å². The van der Waals surface area contributed by atoms with Gasteiger partial charge < -0.3 is 5.11 Å². The maximum absolute atomic E-state index is 8.71. The fourth-order valence-corrected chi connectivity index (χ4v) is 0. The van der Waals surface area contributed by atoms with Crippen LogP contribution in [0.1, 0.15) is 27.7 Å². The van der Waals surface area contributed by atoms with E-state index >= 15 is 0 Å². The molecule has 0 aliphatic carbocycles. The maximum atomic E-state index is 8.71. The zero-order valence-electron chi connectivity index (χ0n) is 6.99. The van der Waals surface area contributed by atoms with Gasteiger partial charge in [-0.1, -0.05) is 19.9 Å². The minimum atomic E-state index is -0.694. The highest BCUT2D eigenvalue weighted by Crippen LogP contribution is 1.98. The molecule has 0 heterocycles. The van der Waals surface area contributed by atoms with Crippen molar-refractivity contribution in [3.8, 4) is 0 Å². The van der Waals surface area contributed by atoms with E-state index in [9.17, 15) is 0 Å². The zero-order chi connectivity index (χ0) is 9.21. The summed E-state index contributed by atoms with van der Waals surface area (Å²) >= 11 is 4.24. The van der Waals surface area contributed by atoms with Gasteiger partial charge >= 0.3 is 0 Å². The molecule has 0 spiro atoms. The molecule has 0 atom stereocenters. The monoisotopic (exact) mass is 370 g/mol. The van der Waals surface area contributed by atoms with Gasteiger partial charge in [-0.15, -0.1) is 6.58 Å². The lowest BCUT2D eigenvalue weighted by atomic mass is 10.1. The van der Waals surface area contributed by atoms with Gasteiger partial charge in [0.25, 0.3) is 0 Å². The second kappa shape index (κ2) is 12.8. The topological polar surface area (TPSA) is 20.2 Å². The van der Waals surface area contributed by atoms with Crippen LogP contribution in [0.3, 0.4) is 0 Å². The highest BCUT2D eigenvalue weighted by molar-refractivity contribution is 15.0. The van der Waals surface area contributed by atoms with Crippen molar-refractivity contribution in [3.63, 3.8) is 0 Å². The SMILES string of the molecule is C=CC(C)(C)O.CC.II. The Morgan fingerprint density at radius 1 is 1.30 bits per heavy atom. The summed E-state index contributed by atoms with van der Waals surface area (Å²) in [6.45, 7) is 10.7. The minimum Gasteiger partial charge on any atom is -0.386 e. The Balaban J connectivity index is -0.000000105. The number of hydrogen-bond donors (Lipinski definition) is 1. The lowest BCUT2D eigenvalue weighted by Crippen LogP contribution is -2.12. The molecule has 0 saturated heterocycles. The Morgan fingerprint density at radius 3 is 1.40 bits per heavy atom. The molecule has 0 bridgehead atoms. The first-order chi connectivity index (χ1) is 4.56. The van der Waals surface area contributed by atoms with Crippen molar-refractivity contribution >= 4 is 37.2 Å². The average Bonchev–Trinajstić information content (AvgIpc) is 1.95. The quantitative estimate of drug-likeness (QED) is 0.551. The van der Waals surface area contributed by atoms with Gasteiger partial charge in [0.15, 0.2) is 0 Å². The van der Waals surface area contributed by atoms with Crippen molar-refractivity contribution in [2.75, 3.05) is 0 Å². The van der Waals surface area contributed by atoms with Crippen molar-refractivity contribution in [2.45, 2.75) is 33.3 Å². The van der Waals surface area contributed by atoms with E-state index in [0.717, 1.165) is 0 Å². The molecule has 1 N–H and O–H groups in total. The van der Waals surface area contributed by atoms with E-state index in [0.29, 0.717) is 0 Å². The zero-order valence-corrected chi connectivity index (χ0v) is 11.3. The van der Waals surface area contributed by atoms with E-state index in [1.165, 1.54) is 6.08 Å². The Labute approximate surface area is 87.6 Å². The molecule has 1 nitrogen and oxygen atoms in total. The fourth-order valence-electron chi connectivity index (χ4n) is 0. The molecule has 0 rings (SSSR count). The largest absolute Gasteiger partial charge is 0.386 e. The van der Waals surface area contributed by atoms with Crippen molar-refractivity contribution in [3.05, 3.63) is 12.7 Å². The number of hydrogen-bond acceptors (Lipinski definition) is 1. The van der Waals surface area contributed by atoms with E-state index in [1.54, 1.807) is 13.8 Å². The smallest absolute Gasteiger partial charge is 0.0769 e. The summed E-state index contributed by atoms with van der Waals surface area (Å²) in [5.74, 6) is 0. The van der Waals surface area contributed by atoms with Crippen LogP contribution in [0, 0.1) is 0 Å². The standard InChI is InChI=1S/C5H10O.C2H6.I2/c1-4-5(2,3)6;2*1-2/h4,6H,1H2,2-3H3;1-2H3;. The van der Waals surface area contributed by atoms with E-state index in [-0.39, 0.29) is 0 Å². The van der Waals surface area contributed by atoms with Gasteiger partial charge in [-0.2, -0.15) is 0 Å². The third kappa shape index (κ3) is 35.2. The maximum Gasteiger partial charge on any atom is 0.0769 e. The molecule has 0 aromatic heterocycles. The van der Waals surface area contributed by atoms with Gasteiger partial charge in [-0.05, 0) is 13.8 Å². The molecular formula is C7H16I2O. The van der Waals surface area contributed by atoms with Crippen LogP contribution in [-0.2, 0) is 0 Å². The Kier molecular flexibility index (Phi) is 22.2. The fraction of sp³-hybridized carbons (Fsp3) is 0.714. The molecule has 0 aromatic carbocycles. The molecule has 0 aliphatic heterocycles. The third-order valence-corrected chi connectivity index (χ3v) is 0.500. The van der Waals surface area contributed by atoms with Gasteiger partial charge in [-0.3, -0.25) is 0 Å². The van der Waals surface area contributed by atoms with E-state index in [2.05, 4.69) is 43.8 Å². The lowest BCUT2D eigenvalue weighted by Gasteiger charge is -2.07. The van der Waals surface area contributed by atoms with Crippen LogP contribution < -0.4 is 0 Å². The van der Waals surface area contributed by atoms with Gasteiger partial charge in [-0.25, -0.2) is 0 Å². The first-order valence-corrected chi connectivity index (χ1v) is 9.35. The van der Waals surface area contributed by atoms with Crippen molar-refractivity contribution < 1.29 is 5.11 Å². The molecule has 0 amide bonds. The predicted molar refractivity (Wildman–Crippen MR) is 65.9 cm³/mol. The van der Waals surface area contributed by atoms with Gasteiger partial charge in [0.1, 0.15) is 0 Å². The minimum absolute atomic E-state index is 0.694. The lowest BCUT2D eigenvalue weighted by molar-refractivity contribution is 0.133. The van der Waals surface area contributed by atoms with Crippen LogP contribution >= 0.6 is 37.2 Å². The van der Waals surface area contributed by atoms with Crippen LogP contribution in [-0.4, -0.2) is 10.7 Å². The number of rotatable bonds is 1. The molecule has 0 aromatic rings. The van der Waals surface area contributed by atoms with Crippen LogP contribution in [0.2, 0.25) is 0 Å². The van der Waals surface area contributed by atoms with Crippen molar-refractivity contribution in [1.29, 1.82) is 0 Å². The molecule has 0 saturated carbocycles. The van der Waals surface area contributed by atoms with Crippen molar-refractivity contribution in [2.24, 2.45) is 0 Å². The van der Waals surface area contributed by atoms with E-state index in [4.69, 9.17) is 5.11 Å². The van der Waals surface area contributed by atoms with Crippen LogP contribution in [0.5, 0.6) is 0 Å². The third-order valence-electron chi connectivity index (χ3n) is 0.500. The molecule has 0 fully saturated rings. The molecular weight excluding hydrogens is 354 g/mol. The summed E-state index contributed by atoms with van der Waals surface area (Å²) in [6.07, 6.45) is 1.49. The highest BCUT2D eigenvalue weighted by Gasteiger charge is 2.02. The second-order valence-electron chi connectivity index (χ2n) is 1.86. The van der Waals surface area contributed by atoms with Crippen LogP contribution in [0.25, 0.3) is 0 Å². The normalized spacial score (nSPS) is 7.90. The van der Waals surface area contributed by atoms with Gasteiger partial charge in [0.05, 0.1) is 5.60 Å². The Morgan fingerprint density at radius 2 is 1.40 bits per heavy atom. The van der Waals surface area contributed by atoms with Gasteiger partial charge in [0, 0.05) is 37.2 Å². The summed E-state index contributed by atoms with van der Waals surface area (Å²) < 4.78 is 0. The van der Waals surface area contributed by atoms with Gasteiger partial charge in [0.2, 0.25) is 0 Å². The molecule has 0 unspecified atom stereocenters. The van der Waals surface area contributed by atoms with Crippen LogP contribution in [0.15, 0.2) is 12.7 Å². The predicted octanol–water partition coefficient (Wildman–Crippen LogP) is 3.74. The summed E-state index contributed by atoms with van der Waals surface area (Å²) in [5, 5.41) is 8.71. The molecule has 3 heteroatoms. The molecule has 0 radical (unpaired) electrons.